The molecule has 1 amide bonds. The van der Waals surface area contributed by atoms with Crippen molar-refractivity contribution in [2.75, 3.05) is 33.3 Å². The number of nitrogens with zero attached hydrogens (tertiary/aromatic N) is 1. The molecule has 2 aromatic carbocycles. The van der Waals surface area contributed by atoms with Gasteiger partial charge in [-0.25, -0.2) is 4.98 Å². The monoisotopic (exact) mass is 496 g/mol. The lowest BCUT2D eigenvalue weighted by molar-refractivity contribution is -0.153. The number of alkyl halides is 3. The number of halogens is 3. The molecule has 0 bridgehead atoms. The molecule has 0 fully saturated rings. The fourth-order valence-electron chi connectivity index (χ4n) is 3.05. The minimum Gasteiger partial charge on any atom is -0.493 e. The number of aromatic nitrogens is 1. The summed E-state index contributed by atoms with van der Waals surface area (Å²) in [6.07, 6.45) is -3.94. The fourth-order valence-corrected chi connectivity index (χ4v) is 3.78. The van der Waals surface area contributed by atoms with Crippen LogP contribution in [0.4, 0.5) is 18.3 Å². The number of amides is 1. The molecule has 182 valence electrons. The molecule has 0 atom stereocenters. The summed E-state index contributed by atoms with van der Waals surface area (Å²) >= 11 is 1.29. The second-order valence-corrected chi connectivity index (χ2v) is 7.90. The molecule has 0 radical (unpaired) electrons. The van der Waals surface area contributed by atoms with E-state index in [-0.39, 0.29) is 23.8 Å². The van der Waals surface area contributed by atoms with Gasteiger partial charge in [-0.15, -0.1) is 11.3 Å². The van der Waals surface area contributed by atoms with Crippen LogP contribution < -0.4 is 24.3 Å². The van der Waals surface area contributed by atoms with Crippen molar-refractivity contribution >= 4 is 22.4 Å². The highest BCUT2D eigenvalue weighted by atomic mass is 32.1. The van der Waals surface area contributed by atoms with Crippen LogP contribution in [-0.4, -0.2) is 45.0 Å². The van der Waals surface area contributed by atoms with Gasteiger partial charge in [0, 0.05) is 17.4 Å². The van der Waals surface area contributed by atoms with Gasteiger partial charge in [-0.2, -0.15) is 13.2 Å². The van der Waals surface area contributed by atoms with Crippen molar-refractivity contribution in [3.63, 3.8) is 0 Å². The molecule has 0 unspecified atom stereocenters. The molecule has 0 aliphatic carbocycles. The van der Waals surface area contributed by atoms with Crippen LogP contribution in [0.1, 0.15) is 12.0 Å². The molecule has 11 heteroatoms. The maximum Gasteiger partial charge on any atom is 0.422 e. The standard InChI is InChI=1S/C23H23F3N2O5S/c1-30-17-8-6-15(11-20(17)32-3)16-12-34-22(27-16)28-21(29)9-5-14-4-7-18(19(10-14)31-2)33-13-23(24,25)26/h4,6-8,10-12H,5,9,13H2,1-3H3,(H,27,28,29). The molecular formula is C23H23F3N2O5S. The lowest BCUT2D eigenvalue weighted by Gasteiger charge is -2.13. The van der Waals surface area contributed by atoms with Gasteiger partial charge in [-0.1, -0.05) is 6.07 Å². The molecule has 0 spiro atoms. The first-order valence-electron chi connectivity index (χ1n) is 10.1. The molecule has 34 heavy (non-hydrogen) atoms. The summed E-state index contributed by atoms with van der Waals surface area (Å²) < 4.78 is 57.6. The molecule has 0 saturated heterocycles. The number of rotatable bonds is 10. The third-order valence-electron chi connectivity index (χ3n) is 4.69. The van der Waals surface area contributed by atoms with E-state index in [2.05, 4.69) is 10.3 Å². The quantitative estimate of drug-likeness (QED) is 0.408. The van der Waals surface area contributed by atoms with Gasteiger partial charge in [0.1, 0.15) is 0 Å². The maximum absolute atomic E-state index is 12.4. The summed E-state index contributed by atoms with van der Waals surface area (Å²) in [7, 11) is 4.44. The first-order chi connectivity index (χ1) is 16.2. The van der Waals surface area contributed by atoms with E-state index in [0.29, 0.717) is 28.7 Å². The highest BCUT2D eigenvalue weighted by molar-refractivity contribution is 7.14. The lowest BCUT2D eigenvalue weighted by atomic mass is 10.1. The first kappa shape index (κ1) is 25.2. The lowest BCUT2D eigenvalue weighted by Crippen LogP contribution is -2.19. The van der Waals surface area contributed by atoms with Crippen molar-refractivity contribution in [3.05, 3.63) is 47.3 Å². The van der Waals surface area contributed by atoms with Crippen LogP contribution in [0.3, 0.4) is 0 Å². The summed E-state index contributed by atoms with van der Waals surface area (Å²) in [6, 6.07) is 9.97. The Morgan fingerprint density at radius 2 is 1.65 bits per heavy atom. The predicted octanol–water partition coefficient (Wildman–Crippen LogP) is 5.35. The van der Waals surface area contributed by atoms with E-state index >= 15 is 0 Å². The highest BCUT2D eigenvalue weighted by Crippen LogP contribution is 2.34. The SMILES string of the molecule is COc1ccc(-c2csc(NC(=O)CCc3ccc(OCC(F)(F)F)c(OC)c3)n2)cc1OC. The smallest absolute Gasteiger partial charge is 0.422 e. The summed E-state index contributed by atoms with van der Waals surface area (Å²) in [6.45, 7) is -1.41. The Morgan fingerprint density at radius 3 is 2.32 bits per heavy atom. The van der Waals surface area contributed by atoms with Gasteiger partial charge in [-0.3, -0.25) is 4.79 Å². The topological polar surface area (TPSA) is 78.9 Å². The number of anilines is 1. The third-order valence-corrected chi connectivity index (χ3v) is 5.45. The minimum atomic E-state index is -4.45. The fraction of sp³-hybridized carbons (Fsp3) is 0.304. The Labute approximate surface area is 198 Å². The van der Waals surface area contributed by atoms with Crippen LogP contribution in [0.15, 0.2) is 41.8 Å². The molecule has 0 saturated carbocycles. The van der Waals surface area contributed by atoms with Gasteiger partial charge in [0.05, 0.1) is 27.0 Å². The van der Waals surface area contributed by atoms with Crippen LogP contribution in [0.25, 0.3) is 11.3 Å². The third kappa shape index (κ3) is 6.77. The van der Waals surface area contributed by atoms with E-state index in [4.69, 9.17) is 18.9 Å². The summed E-state index contributed by atoms with van der Waals surface area (Å²) in [5.74, 6) is 1.08. The van der Waals surface area contributed by atoms with Gasteiger partial charge < -0.3 is 24.3 Å². The van der Waals surface area contributed by atoms with Gasteiger partial charge in [0.25, 0.3) is 0 Å². The van der Waals surface area contributed by atoms with E-state index in [1.54, 1.807) is 38.5 Å². The Bertz CT molecular complexity index is 1130. The number of hydrogen-bond donors (Lipinski definition) is 1. The van der Waals surface area contributed by atoms with E-state index in [1.165, 1.54) is 24.5 Å². The van der Waals surface area contributed by atoms with E-state index in [0.717, 1.165) is 11.1 Å². The second kappa shape index (κ2) is 11.1. The van der Waals surface area contributed by atoms with Crippen molar-refractivity contribution in [2.45, 2.75) is 19.0 Å². The van der Waals surface area contributed by atoms with Crippen LogP contribution in [0.2, 0.25) is 0 Å². The van der Waals surface area contributed by atoms with Crippen molar-refractivity contribution in [3.8, 4) is 34.3 Å². The number of carbonyl (C=O) groups is 1. The zero-order chi connectivity index (χ0) is 24.7. The number of ether oxygens (including phenoxy) is 4. The van der Waals surface area contributed by atoms with Crippen molar-refractivity contribution in [1.82, 2.24) is 4.98 Å². The second-order valence-electron chi connectivity index (χ2n) is 7.04. The molecule has 1 N–H and O–H groups in total. The minimum absolute atomic E-state index is 0.0153. The molecule has 1 heterocycles. The number of hydrogen-bond acceptors (Lipinski definition) is 7. The largest absolute Gasteiger partial charge is 0.493 e. The molecule has 0 aliphatic rings. The summed E-state index contributed by atoms with van der Waals surface area (Å²) in [5.41, 5.74) is 2.21. The first-order valence-corrected chi connectivity index (χ1v) is 10.9. The zero-order valence-corrected chi connectivity index (χ0v) is 19.5. The van der Waals surface area contributed by atoms with Crippen LogP contribution >= 0.6 is 11.3 Å². The van der Waals surface area contributed by atoms with Crippen LogP contribution in [0, 0.1) is 0 Å². The number of thiazole rings is 1. The molecule has 3 rings (SSSR count). The van der Waals surface area contributed by atoms with Crippen molar-refractivity contribution in [1.29, 1.82) is 0 Å². The van der Waals surface area contributed by atoms with Crippen molar-refractivity contribution in [2.24, 2.45) is 0 Å². The zero-order valence-electron chi connectivity index (χ0n) is 18.7. The molecule has 3 aromatic rings. The number of nitrogens with one attached hydrogen (secondary N) is 1. The molecular weight excluding hydrogens is 473 g/mol. The number of aryl methyl sites for hydroxylation is 1. The Hall–Kier alpha value is -3.47. The molecule has 7 nitrogen and oxygen atoms in total. The number of benzene rings is 2. The normalized spacial score (nSPS) is 11.1. The number of methoxy groups -OCH3 is 3. The summed E-state index contributed by atoms with van der Waals surface area (Å²) in [4.78, 5) is 16.8. The summed E-state index contributed by atoms with van der Waals surface area (Å²) in [5, 5.41) is 5.03. The van der Waals surface area contributed by atoms with Crippen molar-refractivity contribution < 1.29 is 36.9 Å². The number of carbonyl (C=O) groups excluding carboxylic acids is 1. The molecule has 0 aliphatic heterocycles. The molecule has 1 aromatic heterocycles. The Kier molecular flexibility index (Phi) is 8.21. The van der Waals surface area contributed by atoms with E-state index in [9.17, 15) is 18.0 Å². The van der Waals surface area contributed by atoms with Gasteiger partial charge in [-0.05, 0) is 42.3 Å². The van der Waals surface area contributed by atoms with E-state index < -0.39 is 12.8 Å². The average Bonchev–Trinajstić information content (AvgIpc) is 3.28. The van der Waals surface area contributed by atoms with Gasteiger partial charge in [0.15, 0.2) is 34.7 Å². The maximum atomic E-state index is 12.4. The Balaban J connectivity index is 1.58. The predicted molar refractivity (Wildman–Crippen MR) is 122 cm³/mol. The van der Waals surface area contributed by atoms with Gasteiger partial charge >= 0.3 is 6.18 Å². The van der Waals surface area contributed by atoms with Crippen LogP contribution in [-0.2, 0) is 11.2 Å². The highest BCUT2D eigenvalue weighted by Gasteiger charge is 2.29. The van der Waals surface area contributed by atoms with E-state index in [1.807, 2.05) is 11.4 Å². The van der Waals surface area contributed by atoms with Gasteiger partial charge in [0.2, 0.25) is 5.91 Å². The van der Waals surface area contributed by atoms with Crippen LogP contribution in [0.5, 0.6) is 23.0 Å². The average molecular weight is 497 g/mol. The Morgan fingerprint density at radius 1 is 0.971 bits per heavy atom.